The Bertz CT molecular complexity index is 917. The van der Waals surface area contributed by atoms with Crippen molar-refractivity contribution in [1.82, 2.24) is 10.6 Å². The molecule has 3 rings (SSSR count). The number of thiophene rings is 1. The molecule has 1 aliphatic heterocycles. The number of nitro benzene ring substituents is 1. The van der Waals surface area contributed by atoms with Crippen molar-refractivity contribution < 1.29 is 32.8 Å². The Balaban J connectivity index is 2.12. The summed E-state index contributed by atoms with van der Waals surface area (Å²) in [6, 6.07) is 4.16. The summed E-state index contributed by atoms with van der Waals surface area (Å²) in [6.07, 6.45) is -5.36. The first-order valence-electron chi connectivity index (χ1n) is 7.74. The highest BCUT2D eigenvalue weighted by Gasteiger charge is 2.66. The molecule has 148 valence electrons. The first kappa shape index (κ1) is 19.8. The van der Waals surface area contributed by atoms with Crippen LogP contribution < -0.4 is 10.6 Å². The molecule has 0 bridgehead atoms. The molecular formula is C16H12F3N3O5S. The lowest BCUT2D eigenvalue weighted by Gasteiger charge is -2.44. The molecule has 0 unspecified atom stereocenters. The number of urea groups is 1. The summed E-state index contributed by atoms with van der Waals surface area (Å²) < 4.78 is 41.0. The molecule has 3 N–H and O–H groups in total. The maximum absolute atomic E-state index is 13.7. The molecule has 0 saturated carbocycles. The lowest BCUT2D eigenvalue weighted by Crippen LogP contribution is -2.72. The Hall–Kier alpha value is -2.99. The number of nitro groups is 1. The fourth-order valence-corrected chi connectivity index (χ4v) is 3.70. The van der Waals surface area contributed by atoms with E-state index in [9.17, 15) is 38.0 Å². The predicted octanol–water partition coefficient (Wildman–Crippen LogP) is 2.76. The van der Waals surface area contributed by atoms with Crippen molar-refractivity contribution >= 4 is 28.8 Å². The standard InChI is InChI=1S/C16H12F3N3O5S/c17-16(18,19)15(25)11(13(23)10-2-1-7-28-10)12(20-14(24)21-15)8-3-5-9(6-4-8)22(26)27/h1-7,11-12,25H,(H2,20,21,24)/t11-,12+,15+/m1/s1. The number of amides is 2. The number of carbonyl (C=O) groups is 2. The van der Waals surface area contributed by atoms with Crippen molar-refractivity contribution in [3.63, 3.8) is 0 Å². The van der Waals surface area contributed by atoms with Crippen LogP contribution in [0.2, 0.25) is 0 Å². The van der Waals surface area contributed by atoms with Crippen LogP contribution in [0.25, 0.3) is 0 Å². The SMILES string of the molecule is O=C1N[C@@H](c2ccc([N+](=O)[O-])cc2)[C@H](C(=O)c2cccs2)[C@](O)(C(F)(F)F)N1. The van der Waals surface area contributed by atoms with Crippen LogP contribution in [0.4, 0.5) is 23.7 Å². The molecular weight excluding hydrogens is 403 g/mol. The van der Waals surface area contributed by atoms with E-state index < -0.39 is 40.6 Å². The summed E-state index contributed by atoms with van der Waals surface area (Å²) in [5.74, 6) is -3.20. The zero-order valence-electron chi connectivity index (χ0n) is 13.8. The van der Waals surface area contributed by atoms with Crippen LogP contribution in [-0.2, 0) is 0 Å². The molecule has 2 aromatic rings. The Morgan fingerprint density at radius 3 is 2.39 bits per heavy atom. The first-order valence-corrected chi connectivity index (χ1v) is 8.62. The van der Waals surface area contributed by atoms with Crippen molar-refractivity contribution in [2.45, 2.75) is 17.9 Å². The average molecular weight is 415 g/mol. The largest absolute Gasteiger partial charge is 0.437 e. The zero-order valence-corrected chi connectivity index (χ0v) is 14.6. The number of aliphatic hydroxyl groups is 1. The summed E-state index contributed by atoms with van der Waals surface area (Å²) in [5, 5.41) is 26.2. The maximum atomic E-state index is 13.7. The number of halogens is 3. The van der Waals surface area contributed by atoms with Gasteiger partial charge in [-0.3, -0.25) is 14.9 Å². The normalized spacial score (nSPS) is 24.9. The molecule has 12 heteroatoms. The third-order valence-electron chi connectivity index (χ3n) is 4.32. The Morgan fingerprint density at radius 1 is 1.25 bits per heavy atom. The summed E-state index contributed by atoms with van der Waals surface area (Å²) in [6.45, 7) is 0. The average Bonchev–Trinajstić information content (AvgIpc) is 3.14. The molecule has 28 heavy (non-hydrogen) atoms. The number of nitrogens with one attached hydrogen (secondary N) is 2. The predicted molar refractivity (Wildman–Crippen MR) is 90.6 cm³/mol. The molecule has 3 atom stereocenters. The van der Waals surface area contributed by atoms with Gasteiger partial charge < -0.3 is 15.7 Å². The van der Waals surface area contributed by atoms with Gasteiger partial charge in [-0.1, -0.05) is 18.2 Å². The van der Waals surface area contributed by atoms with E-state index in [4.69, 9.17) is 0 Å². The summed E-state index contributed by atoms with van der Waals surface area (Å²) in [7, 11) is 0. The molecule has 8 nitrogen and oxygen atoms in total. The van der Waals surface area contributed by atoms with Gasteiger partial charge in [-0.2, -0.15) is 13.2 Å². The second-order valence-electron chi connectivity index (χ2n) is 6.01. The van der Waals surface area contributed by atoms with Crippen molar-refractivity contribution in [1.29, 1.82) is 0 Å². The molecule has 2 amide bonds. The van der Waals surface area contributed by atoms with Crippen LogP contribution in [0.15, 0.2) is 41.8 Å². The molecule has 1 saturated heterocycles. The van der Waals surface area contributed by atoms with E-state index in [2.05, 4.69) is 5.32 Å². The van der Waals surface area contributed by atoms with E-state index in [0.717, 1.165) is 35.6 Å². The van der Waals surface area contributed by atoms with Crippen LogP contribution in [0.5, 0.6) is 0 Å². The van der Waals surface area contributed by atoms with Gasteiger partial charge in [-0.25, -0.2) is 4.79 Å². The number of benzene rings is 1. The number of alkyl halides is 3. The second kappa shape index (κ2) is 6.87. The van der Waals surface area contributed by atoms with Crippen molar-refractivity contribution in [3.05, 3.63) is 62.3 Å². The number of rotatable bonds is 4. The molecule has 1 aromatic carbocycles. The third-order valence-corrected chi connectivity index (χ3v) is 5.20. The van der Waals surface area contributed by atoms with Crippen LogP contribution in [-0.4, -0.2) is 33.7 Å². The van der Waals surface area contributed by atoms with Gasteiger partial charge in [0.15, 0.2) is 5.78 Å². The number of carbonyl (C=O) groups excluding carboxylic acids is 2. The van der Waals surface area contributed by atoms with Crippen LogP contribution >= 0.6 is 11.3 Å². The number of hydrogen-bond donors (Lipinski definition) is 3. The van der Waals surface area contributed by atoms with Gasteiger partial charge in [-0.15, -0.1) is 11.3 Å². The highest BCUT2D eigenvalue weighted by molar-refractivity contribution is 7.12. The van der Waals surface area contributed by atoms with Crippen LogP contribution in [0.1, 0.15) is 21.3 Å². The highest BCUT2D eigenvalue weighted by Crippen LogP contribution is 2.44. The molecule has 1 fully saturated rings. The van der Waals surface area contributed by atoms with Crippen molar-refractivity contribution in [2.24, 2.45) is 5.92 Å². The molecule has 0 radical (unpaired) electrons. The molecule has 0 spiro atoms. The monoisotopic (exact) mass is 415 g/mol. The van der Waals surface area contributed by atoms with E-state index in [1.165, 1.54) is 22.8 Å². The summed E-state index contributed by atoms with van der Waals surface area (Å²) >= 11 is 0.883. The van der Waals surface area contributed by atoms with Crippen molar-refractivity contribution in [2.75, 3.05) is 0 Å². The van der Waals surface area contributed by atoms with Gasteiger partial charge >= 0.3 is 12.2 Å². The van der Waals surface area contributed by atoms with Gasteiger partial charge in [0.1, 0.15) is 5.92 Å². The van der Waals surface area contributed by atoms with Gasteiger partial charge in [0, 0.05) is 12.1 Å². The first-order chi connectivity index (χ1) is 13.0. The van der Waals surface area contributed by atoms with E-state index in [1.54, 1.807) is 0 Å². The van der Waals surface area contributed by atoms with E-state index in [-0.39, 0.29) is 16.1 Å². The smallest absolute Gasteiger partial charge is 0.363 e. The molecule has 2 heterocycles. The number of Topliss-reactive ketones (excluding diaryl/α,β-unsaturated/α-hetero) is 1. The van der Waals surface area contributed by atoms with Crippen LogP contribution in [0, 0.1) is 16.0 Å². The fraction of sp³-hybridized carbons (Fsp3) is 0.250. The molecule has 0 aliphatic carbocycles. The van der Waals surface area contributed by atoms with E-state index in [0.29, 0.717) is 0 Å². The lowest BCUT2D eigenvalue weighted by molar-refractivity contribution is -0.384. The minimum absolute atomic E-state index is 0.00182. The van der Waals surface area contributed by atoms with Gasteiger partial charge in [0.2, 0.25) is 5.72 Å². The Labute approximate surface area is 159 Å². The Kier molecular flexibility index (Phi) is 4.85. The summed E-state index contributed by atoms with van der Waals surface area (Å²) in [4.78, 5) is 34.7. The second-order valence-corrected chi connectivity index (χ2v) is 6.96. The number of ketones is 1. The highest BCUT2D eigenvalue weighted by atomic mass is 32.1. The van der Waals surface area contributed by atoms with Gasteiger partial charge in [0.05, 0.1) is 15.8 Å². The van der Waals surface area contributed by atoms with E-state index in [1.807, 2.05) is 0 Å². The van der Waals surface area contributed by atoms with Gasteiger partial charge in [0.25, 0.3) is 5.69 Å². The maximum Gasteiger partial charge on any atom is 0.437 e. The van der Waals surface area contributed by atoms with Crippen molar-refractivity contribution in [3.8, 4) is 0 Å². The topological polar surface area (TPSA) is 122 Å². The minimum Gasteiger partial charge on any atom is -0.363 e. The van der Waals surface area contributed by atoms with Gasteiger partial charge in [-0.05, 0) is 17.0 Å². The van der Waals surface area contributed by atoms with E-state index >= 15 is 0 Å². The molecule has 1 aliphatic rings. The fourth-order valence-electron chi connectivity index (χ4n) is 2.99. The minimum atomic E-state index is -5.36. The number of hydrogen-bond acceptors (Lipinski definition) is 6. The zero-order chi connectivity index (χ0) is 20.7. The third kappa shape index (κ3) is 3.31. The summed E-state index contributed by atoms with van der Waals surface area (Å²) in [5.41, 5.74) is -4.16. The number of non-ortho nitro benzene ring substituents is 1. The lowest BCUT2D eigenvalue weighted by atomic mass is 9.78. The quantitative estimate of drug-likeness (QED) is 0.403. The Morgan fingerprint density at radius 2 is 1.89 bits per heavy atom. The molecule has 1 aromatic heterocycles. The number of nitrogens with zero attached hydrogens (tertiary/aromatic N) is 1. The van der Waals surface area contributed by atoms with Crippen LogP contribution in [0.3, 0.4) is 0 Å².